The molecule has 0 amide bonds. The fourth-order valence-corrected chi connectivity index (χ4v) is 4.34. The molecule has 2 heterocycles. The molecule has 0 bridgehead atoms. The van der Waals surface area contributed by atoms with Crippen LogP contribution in [0, 0.1) is 10.1 Å². The van der Waals surface area contributed by atoms with Crippen molar-refractivity contribution in [3.63, 3.8) is 0 Å². The van der Waals surface area contributed by atoms with Gasteiger partial charge in [0.25, 0.3) is 0 Å². The highest BCUT2D eigenvalue weighted by Gasteiger charge is 2.23. The molecule has 0 atom stereocenters. The van der Waals surface area contributed by atoms with E-state index in [1.165, 1.54) is 12.1 Å². The number of aromatic nitrogens is 2. The van der Waals surface area contributed by atoms with Gasteiger partial charge in [-0.05, 0) is 23.8 Å². The second-order valence-corrected chi connectivity index (χ2v) is 8.23. The van der Waals surface area contributed by atoms with Crippen molar-refractivity contribution >= 4 is 38.7 Å². The molecule has 3 aromatic rings. The molecule has 1 aromatic carbocycles. The molecule has 0 fully saturated rings. The average molecular weight is 386 g/mol. The number of nitro groups is 1. The van der Waals surface area contributed by atoms with E-state index < -0.39 is 20.6 Å². The van der Waals surface area contributed by atoms with Crippen molar-refractivity contribution in [1.29, 1.82) is 0 Å². The van der Waals surface area contributed by atoms with Crippen LogP contribution in [0.4, 0.5) is 5.88 Å². The Morgan fingerprint density at radius 2 is 1.88 bits per heavy atom. The van der Waals surface area contributed by atoms with E-state index >= 15 is 0 Å². The topological polar surface area (TPSA) is 116 Å². The Morgan fingerprint density at radius 1 is 1.17 bits per heavy atom. The van der Waals surface area contributed by atoms with Crippen LogP contribution in [0.15, 0.2) is 45.2 Å². The number of nitrogens with zero attached hydrogens (tertiary/aromatic N) is 3. The molecule has 0 aliphatic rings. The molecule has 0 N–H and O–H groups in total. The van der Waals surface area contributed by atoms with Crippen LogP contribution in [-0.2, 0) is 15.6 Å². The van der Waals surface area contributed by atoms with E-state index in [0.717, 1.165) is 11.3 Å². The van der Waals surface area contributed by atoms with E-state index in [1.807, 2.05) is 0 Å². The minimum absolute atomic E-state index is 0.0899. The Labute approximate surface area is 144 Å². The fourth-order valence-electron chi connectivity index (χ4n) is 1.84. The van der Waals surface area contributed by atoms with Crippen LogP contribution >= 0.6 is 22.9 Å². The lowest BCUT2D eigenvalue weighted by atomic mass is 10.2. The number of sulfone groups is 1. The standard InChI is InChI=1S/C13H8ClN3O5S2/c14-9-3-1-8(2-4-9)7-24(20,21)13-16-15-12(23-13)10-5-6-11(22-10)17(18)19/h1-6H,7H2. The minimum Gasteiger partial charge on any atom is -0.398 e. The van der Waals surface area contributed by atoms with E-state index in [4.69, 9.17) is 16.0 Å². The summed E-state index contributed by atoms with van der Waals surface area (Å²) in [6, 6.07) is 8.92. The molecule has 24 heavy (non-hydrogen) atoms. The van der Waals surface area contributed by atoms with Gasteiger partial charge in [0, 0.05) is 5.02 Å². The molecule has 11 heteroatoms. The van der Waals surface area contributed by atoms with Crippen molar-refractivity contribution in [2.75, 3.05) is 0 Å². The number of furan rings is 1. The van der Waals surface area contributed by atoms with Crippen LogP contribution in [0.2, 0.25) is 5.02 Å². The second-order valence-electron chi connectivity index (χ2n) is 4.65. The Hall–Kier alpha value is -2.30. The van der Waals surface area contributed by atoms with E-state index in [0.29, 0.717) is 10.6 Å². The molecule has 0 saturated carbocycles. The van der Waals surface area contributed by atoms with E-state index in [-0.39, 0.29) is 20.9 Å². The highest BCUT2D eigenvalue weighted by Crippen LogP contribution is 2.31. The Balaban J connectivity index is 1.85. The van der Waals surface area contributed by atoms with Crippen molar-refractivity contribution in [3.8, 4) is 10.8 Å². The summed E-state index contributed by atoms with van der Waals surface area (Å²) in [5.74, 6) is -0.616. The van der Waals surface area contributed by atoms with E-state index in [9.17, 15) is 18.5 Å². The lowest BCUT2D eigenvalue weighted by Crippen LogP contribution is -2.04. The largest absolute Gasteiger partial charge is 0.433 e. The van der Waals surface area contributed by atoms with Gasteiger partial charge in [0.05, 0.1) is 11.8 Å². The van der Waals surface area contributed by atoms with Crippen molar-refractivity contribution in [2.24, 2.45) is 0 Å². The third-order valence-corrected chi connectivity index (χ3v) is 6.25. The molecule has 3 rings (SSSR count). The molecular formula is C13H8ClN3O5S2. The van der Waals surface area contributed by atoms with E-state index in [1.54, 1.807) is 24.3 Å². The average Bonchev–Trinajstić information content (AvgIpc) is 3.18. The van der Waals surface area contributed by atoms with Gasteiger partial charge >= 0.3 is 5.88 Å². The zero-order valence-electron chi connectivity index (χ0n) is 11.7. The van der Waals surface area contributed by atoms with Crippen LogP contribution in [0.3, 0.4) is 0 Å². The monoisotopic (exact) mass is 385 g/mol. The molecular weight excluding hydrogens is 378 g/mol. The van der Waals surface area contributed by atoms with Gasteiger partial charge in [0.15, 0.2) is 10.8 Å². The highest BCUT2D eigenvalue weighted by atomic mass is 35.5. The van der Waals surface area contributed by atoms with Crippen LogP contribution in [0.25, 0.3) is 10.8 Å². The molecule has 2 aromatic heterocycles. The Morgan fingerprint density at radius 3 is 2.50 bits per heavy atom. The molecule has 0 radical (unpaired) electrons. The normalized spacial score (nSPS) is 11.5. The van der Waals surface area contributed by atoms with Crippen molar-refractivity contribution in [3.05, 3.63) is 57.1 Å². The smallest absolute Gasteiger partial charge is 0.398 e. The number of benzene rings is 1. The Kier molecular flexibility index (Phi) is 4.35. The minimum atomic E-state index is -3.70. The molecule has 8 nitrogen and oxygen atoms in total. The number of halogens is 1. The lowest BCUT2D eigenvalue weighted by molar-refractivity contribution is -0.401. The molecule has 0 unspecified atom stereocenters. The van der Waals surface area contributed by atoms with Crippen LogP contribution in [0.1, 0.15) is 5.56 Å². The van der Waals surface area contributed by atoms with Crippen LogP contribution < -0.4 is 0 Å². The summed E-state index contributed by atoms with van der Waals surface area (Å²) in [6.45, 7) is 0. The number of rotatable bonds is 5. The van der Waals surface area contributed by atoms with E-state index in [2.05, 4.69) is 10.2 Å². The summed E-state index contributed by atoms with van der Waals surface area (Å²) in [5, 5.41) is 18.7. The summed E-state index contributed by atoms with van der Waals surface area (Å²) >= 11 is 6.55. The van der Waals surface area contributed by atoms with Crippen LogP contribution in [0.5, 0.6) is 0 Å². The molecule has 0 spiro atoms. The first-order chi connectivity index (χ1) is 11.3. The van der Waals surface area contributed by atoms with Gasteiger partial charge < -0.3 is 4.42 Å². The third kappa shape index (κ3) is 3.45. The summed E-state index contributed by atoms with van der Waals surface area (Å²) < 4.78 is 29.6. The first kappa shape index (κ1) is 16.6. The maximum absolute atomic E-state index is 12.4. The van der Waals surface area contributed by atoms with Crippen molar-refractivity contribution < 1.29 is 17.8 Å². The van der Waals surface area contributed by atoms with Crippen LogP contribution in [-0.4, -0.2) is 23.5 Å². The summed E-state index contributed by atoms with van der Waals surface area (Å²) in [7, 11) is -3.70. The summed E-state index contributed by atoms with van der Waals surface area (Å²) in [4.78, 5) is 9.92. The fraction of sp³-hybridized carbons (Fsp3) is 0.0769. The number of hydrogen-bond donors (Lipinski definition) is 0. The molecule has 0 aliphatic carbocycles. The Bertz CT molecular complexity index is 995. The van der Waals surface area contributed by atoms with Gasteiger partial charge in [-0.2, -0.15) is 0 Å². The molecule has 124 valence electrons. The first-order valence-electron chi connectivity index (χ1n) is 6.40. The number of hydrogen-bond acceptors (Lipinski definition) is 8. The summed E-state index contributed by atoms with van der Waals surface area (Å²) in [6.07, 6.45) is 0. The zero-order chi connectivity index (χ0) is 17.3. The third-order valence-electron chi connectivity index (χ3n) is 2.92. The van der Waals surface area contributed by atoms with Gasteiger partial charge in [-0.15, -0.1) is 10.2 Å². The highest BCUT2D eigenvalue weighted by molar-refractivity contribution is 7.92. The summed E-state index contributed by atoms with van der Waals surface area (Å²) in [5.41, 5.74) is 0.560. The van der Waals surface area contributed by atoms with Crippen molar-refractivity contribution in [2.45, 2.75) is 10.1 Å². The first-order valence-corrected chi connectivity index (χ1v) is 9.25. The van der Waals surface area contributed by atoms with Gasteiger partial charge in [-0.1, -0.05) is 35.1 Å². The second kappa shape index (κ2) is 6.30. The van der Waals surface area contributed by atoms with Gasteiger partial charge in [-0.3, -0.25) is 10.1 Å². The SMILES string of the molecule is O=[N+]([O-])c1ccc(-c2nnc(S(=O)(=O)Cc3ccc(Cl)cc3)s2)o1. The maximum Gasteiger partial charge on any atom is 0.433 e. The zero-order valence-corrected chi connectivity index (χ0v) is 14.1. The quantitative estimate of drug-likeness (QED) is 0.488. The maximum atomic E-state index is 12.4. The van der Waals surface area contributed by atoms with Gasteiger partial charge in [0.2, 0.25) is 14.2 Å². The van der Waals surface area contributed by atoms with Crippen molar-refractivity contribution in [1.82, 2.24) is 10.2 Å². The predicted molar refractivity (Wildman–Crippen MR) is 86.6 cm³/mol. The lowest BCUT2D eigenvalue weighted by Gasteiger charge is -2.00. The molecule has 0 saturated heterocycles. The predicted octanol–water partition coefficient (Wildman–Crippen LogP) is 3.33. The molecule has 0 aliphatic heterocycles. The van der Waals surface area contributed by atoms with Gasteiger partial charge in [-0.25, -0.2) is 8.42 Å². The van der Waals surface area contributed by atoms with Gasteiger partial charge in [0.1, 0.15) is 4.92 Å².